The summed E-state index contributed by atoms with van der Waals surface area (Å²) in [5.41, 5.74) is 3.77. The van der Waals surface area contributed by atoms with Gasteiger partial charge >= 0.3 is 0 Å². The number of hydrogen-bond acceptors (Lipinski definition) is 3. The molecule has 0 saturated carbocycles. The Kier molecular flexibility index (Phi) is 7.87. The molecule has 1 amide bonds. The van der Waals surface area contributed by atoms with Gasteiger partial charge in [0.1, 0.15) is 24.0 Å². The van der Waals surface area contributed by atoms with Crippen LogP contribution < -0.4 is 10.1 Å². The highest BCUT2D eigenvalue weighted by Crippen LogP contribution is 2.30. The molecule has 0 aliphatic carbocycles. The number of ether oxygens (including phenoxy) is 1. The molecule has 0 atom stereocenters. The van der Waals surface area contributed by atoms with Crippen molar-refractivity contribution in [1.82, 2.24) is 0 Å². The summed E-state index contributed by atoms with van der Waals surface area (Å²) in [4.78, 5) is 12.4. The number of carbonyl (C=O) groups excluding carboxylic acids is 1. The summed E-state index contributed by atoms with van der Waals surface area (Å²) in [5.74, 6) is 0.356. The highest BCUT2D eigenvalue weighted by atomic mass is 127. The number of nitrogens with zero attached hydrogens (tertiary/aromatic N) is 1. The molecule has 4 nitrogen and oxygen atoms in total. The van der Waals surface area contributed by atoms with Crippen molar-refractivity contribution in [3.63, 3.8) is 0 Å². The predicted octanol–water partition coefficient (Wildman–Crippen LogP) is 6.33. The molecule has 0 fully saturated rings. The van der Waals surface area contributed by atoms with Gasteiger partial charge in [-0.05, 0) is 93.6 Å². The average Bonchev–Trinajstić information content (AvgIpc) is 2.73. The van der Waals surface area contributed by atoms with Crippen LogP contribution in [0.25, 0.3) is 6.08 Å². The van der Waals surface area contributed by atoms with Crippen LogP contribution in [0.4, 0.5) is 5.69 Å². The Morgan fingerprint density at radius 2 is 1.70 bits per heavy atom. The van der Waals surface area contributed by atoms with E-state index in [2.05, 4.69) is 81.7 Å². The molecule has 3 aromatic rings. The van der Waals surface area contributed by atoms with E-state index in [4.69, 9.17) is 4.74 Å². The summed E-state index contributed by atoms with van der Waals surface area (Å²) >= 11 is 4.42. The van der Waals surface area contributed by atoms with E-state index in [0.29, 0.717) is 12.3 Å². The maximum absolute atomic E-state index is 12.4. The van der Waals surface area contributed by atoms with Gasteiger partial charge in [-0.25, -0.2) is 0 Å². The van der Waals surface area contributed by atoms with Gasteiger partial charge in [-0.2, -0.15) is 5.26 Å². The van der Waals surface area contributed by atoms with Crippen LogP contribution in [-0.4, -0.2) is 5.91 Å². The zero-order chi connectivity index (χ0) is 21.5. The Labute approximate surface area is 203 Å². The smallest absolute Gasteiger partial charge is 0.266 e. The summed E-state index contributed by atoms with van der Waals surface area (Å²) in [7, 11) is 0. The van der Waals surface area contributed by atoms with Gasteiger partial charge in [0.2, 0.25) is 0 Å². The molecule has 0 bridgehead atoms. The molecule has 0 heterocycles. The number of aryl methyl sites for hydroxylation is 1. The van der Waals surface area contributed by atoms with Gasteiger partial charge in [0.15, 0.2) is 0 Å². The second-order valence-electron chi connectivity index (χ2n) is 6.58. The van der Waals surface area contributed by atoms with Crippen LogP contribution in [0.2, 0.25) is 0 Å². The minimum atomic E-state index is -0.437. The van der Waals surface area contributed by atoms with Crippen molar-refractivity contribution in [2.24, 2.45) is 0 Å². The average molecular weight is 620 g/mol. The topological polar surface area (TPSA) is 62.1 Å². The van der Waals surface area contributed by atoms with Crippen LogP contribution in [0.15, 0.2) is 72.3 Å². The number of anilines is 1. The lowest BCUT2D eigenvalue weighted by molar-refractivity contribution is -0.112. The number of para-hydroxylation sites is 1. The molecule has 3 rings (SSSR count). The first-order chi connectivity index (χ1) is 14.5. The Balaban J connectivity index is 1.76. The summed E-state index contributed by atoms with van der Waals surface area (Å²) in [6, 6.07) is 23.1. The molecule has 150 valence electrons. The predicted molar refractivity (Wildman–Crippen MR) is 136 cm³/mol. The largest absolute Gasteiger partial charge is 0.487 e. The van der Waals surface area contributed by atoms with Gasteiger partial charge in [0.05, 0.1) is 7.14 Å². The van der Waals surface area contributed by atoms with Crippen LogP contribution in [-0.2, 0) is 11.4 Å². The first-order valence-electron chi connectivity index (χ1n) is 9.12. The quantitative estimate of drug-likeness (QED) is 0.199. The van der Waals surface area contributed by atoms with E-state index in [0.717, 1.165) is 24.0 Å². The second-order valence-corrected chi connectivity index (χ2v) is 8.90. The third kappa shape index (κ3) is 6.06. The molecule has 0 aliphatic heterocycles. The fraction of sp³-hybridized carbons (Fsp3) is 0.0833. The minimum absolute atomic E-state index is 0.0405. The number of nitriles is 1. The summed E-state index contributed by atoms with van der Waals surface area (Å²) in [5, 5.41) is 12.2. The van der Waals surface area contributed by atoms with E-state index >= 15 is 0 Å². The first-order valence-corrected chi connectivity index (χ1v) is 11.3. The first kappa shape index (κ1) is 22.3. The maximum Gasteiger partial charge on any atom is 0.266 e. The van der Waals surface area contributed by atoms with Crippen molar-refractivity contribution in [1.29, 1.82) is 5.26 Å². The zero-order valence-electron chi connectivity index (χ0n) is 16.2. The Morgan fingerprint density at radius 3 is 2.30 bits per heavy atom. The van der Waals surface area contributed by atoms with E-state index in [-0.39, 0.29) is 5.57 Å². The zero-order valence-corrected chi connectivity index (χ0v) is 20.5. The van der Waals surface area contributed by atoms with E-state index in [1.165, 1.54) is 5.56 Å². The molecule has 3 aromatic carbocycles. The molecule has 0 aliphatic rings. The van der Waals surface area contributed by atoms with Crippen LogP contribution in [0.5, 0.6) is 5.75 Å². The second kappa shape index (κ2) is 10.6. The van der Waals surface area contributed by atoms with Crippen molar-refractivity contribution >= 4 is 62.9 Å². The Morgan fingerprint density at radius 1 is 1.07 bits per heavy atom. The Bertz CT molecular complexity index is 1100. The summed E-state index contributed by atoms with van der Waals surface area (Å²) < 4.78 is 7.86. The lowest BCUT2D eigenvalue weighted by Gasteiger charge is -2.12. The number of amides is 1. The number of halogens is 2. The fourth-order valence-corrected chi connectivity index (χ4v) is 4.80. The summed E-state index contributed by atoms with van der Waals surface area (Å²) in [6.07, 6.45) is 1.59. The highest BCUT2D eigenvalue weighted by molar-refractivity contribution is 14.1. The Hall–Kier alpha value is -2.38. The van der Waals surface area contributed by atoms with E-state index in [1.807, 2.05) is 36.4 Å². The third-order valence-corrected chi connectivity index (χ3v) is 5.83. The van der Waals surface area contributed by atoms with Crippen molar-refractivity contribution in [2.45, 2.75) is 13.5 Å². The standard InChI is InChI=1S/C24H18I2N2O2/c1-16-7-9-17(10-8-16)15-30-23-21(25)12-18(13-22(23)26)11-19(14-27)24(29)28-20-5-3-2-4-6-20/h2-13H,15H2,1H3,(H,28,29)/b19-11-. The van der Waals surface area contributed by atoms with Crippen molar-refractivity contribution in [3.05, 3.63) is 96.1 Å². The number of rotatable bonds is 6. The molecule has 0 aromatic heterocycles. The van der Waals surface area contributed by atoms with Gasteiger partial charge in [-0.15, -0.1) is 0 Å². The van der Waals surface area contributed by atoms with Crippen molar-refractivity contribution in [3.8, 4) is 11.8 Å². The van der Waals surface area contributed by atoms with Crippen molar-refractivity contribution < 1.29 is 9.53 Å². The lowest BCUT2D eigenvalue weighted by atomic mass is 10.1. The van der Waals surface area contributed by atoms with E-state index in [9.17, 15) is 10.1 Å². The van der Waals surface area contributed by atoms with Crippen molar-refractivity contribution in [2.75, 3.05) is 5.32 Å². The maximum atomic E-state index is 12.4. The lowest BCUT2D eigenvalue weighted by Crippen LogP contribution is -2.13. The minimum Gasteiger partial charge on any atom is -0.487 e. The molecule has 0 unspecified atom stereocenters. The third-order valence-electron chi connectivity index (χ3n) is 4.23. The van der Waals surface area contributed by atoms with Gasteiger partial charge in [0.25, 0.3) is 5.91 Å². The fourth-order valence-electron chi connectivity index (χ4n) is 2.68. The van der Waals surface area contributed by atoms with Crippen LogP contribution in [0.3, 0.4) is 0 Å². The molecule has 0 spiro atoms. The molecule has 1 N–H and O–H groups in total. The molecule has 6 heteroatoms. The molecule has 0 radical (unpaired) electrons. The molecule has 30 heavy (non-hydrogen) atoms. The number of nitrogens with one attached hydrogen (secondary N) is 1. The number of hydrogen-bond donors (Lipinski definition) is 1. The van der Waals surface area contributed by atoms with Crippen LogP contribution in [0, 0.1) is 25.4 Å². The van der Waals surface area contributed by atoms with Crippen LogP contribution in [0.1, 0.15) is 16.7 Å². The van der Waals surface area contributed by atoms with Gasteiger partial charge < -0.3 is 10.1 Å². The number of carbonyl (C=O) groups is 1. The van der Waals surface area contributed by atoms with E-state index < -0.39 is 5.91 Å². The van der Waals surface area contributed by atoms with Gasteiger partial charge in [0, 0.05) is 5.69 Å². The number of benzene rings is 3. The highest BCUT2D eigenvalue weighted by Gasteiger charge is 2.12. The molecular weight excluding hydrogens is 602 g/mol. The molecular formula is C24H18I2N2O2. The van der Waals surface area contributed by atoms with Gasteiger partial charge in [-0.3, -0.25) is 4.79 Å². The SMILES string of the molecule is Cc1ccc(COc2c(I)cc(/C=C(/C#N)C(=O)Nc3ccccc3)cc2I)cc1. The van der Waals surface area contributed by atoms with Gasteiger partial charge in [-0.1, -0.05) is 48.0 Å². The monoisotopic (exact) mass is 620 g/mol. The van der Waals surface area contributed by atoms with Crippen LogP contribution >= 0.6 is 45.2 Å². The molecule has 0 saturated heterocycles. The normalized spacial score (nSPS) is 10.9. The summed E-state index contributed by atoms with van der Waals surface area (Å²) in [6.45, 7) is 2.53. The van der Waals surface area contributed by atoms with E-state index in [1.54, 1.807) is 18.2 Å².